The number of nitrogens with zero attached hydrogens (tertiary/aromatic N) is 1. The van der Waals surface area contributed by atoms with E-state index in [2.05, 4.69) is 37.8 Å². The van der Waals surface area contributed by atoms with E-state index >= 15 is 0 Å². The molecule has 0 spiro atoms. The Balaban J connectivity index is 0. The summed E-state index contributed by atoms with van der Waals surface area (Å²) in [5.41, 5.74) is 5.23. The summed E-state index contributed by atoms with van der Waals surface area (Å²) in [5.74, 6) is -0.931. The van der Waals surface area contributed by atoms with E-state index in [1.165, 1.54) is 0 Å². The van der Waals surface area contributed by atoms with Crippen LogP contribution in [-0.4, -0.2) is 65.3 Å². The van der Waals surface area contributed by atoms with E-state index in [1.54, 1.807) is 0 Å². The Labute approximate surface area is 179 Å². The molecule has 1 fully saturated rings. The van der Waals surface area contributed by atoms with Gasteiger partial charge in [-0.3, -0.25) is 14.4 Å². The van der Waals surface area contributed by atoms with Gasteiger partial charge < -0.3 is 26.1 Å². The van der Waals surface area contributed by atoms with Crippen LogP contribution in [0.15, 0.2) is 0 Å². The quantitative estimate of drug-likeness (QED) is 0.362. The first-order valence-electron chi connectivity index (χ1n) is 10.3. The molecule has 176 valence electrons. The summed E-state index contributed by atoms with van der Waals surface area (Å²) in [6.07, 6.45) is 1.77. The van der Waals surface area contributed by atoms with Crippen molar-refractivity contribution in [2.45, 2.75) is 66.2 Å². The lowest BCUT2D eigenvalue weighted by Gasteiger charge is -2.12. The maximum Gasteiger partial charge on any atom is 0.333 e. The normalized spacial score (nSPS) is 12.9. The summed E-state index contributed by atoms with van der Waals surface area (Å²) in [6.45, 7) is 9.62. The molecule has 0 saturated carbocycles. The summed E-state index contributed by atoms with van der Waals surface area (Å²) < 4.78 is 0. The number of nitrogens with two attached hydrogens (primary N) is 1. The second kappa shape index (κ2) is 19.0. The standard InChI is InChI=1S/C10H14N2O6.C5H13N.C5H12O/c13-6-5-11-7(14)1-4-10(17)18-12-8(15)2-3-9(12)16;2*1-5(2)3-4-6/h13H,1-6H2,(H,11,14);5H,3-4,6H2,1-2H3;5-6H,3-4H2,1-2H3. The lowest BCUT2D eigenvalue weighted by molar-refractivity contribution is -0.197. The molecule has 1 aliphatic rings. The van der Waals surface area contributed by atoms with Gasteiger partial charge in [0, 0.05) is 32.4 Å². The molecule has 0 aromatic rings. The molecule has 10 nitrogen and oxygen atoms in total. The minimum Gasteiger partial charge on any atom is -0.396 e. The number of nitrogens with one attached hydrogen (secondary N) is 1. The molecule has 3 amide bonds. The van der Waals surface area contributed by atoms with Crippen LogP contribution in [0, 0.1) is 11.8 Å². The molecule has 10 heteroatoms. The summed E-state index contributed by atoms with van der Waals surface area (Å²) in [7, 11) is 0. The van der Waals surface area contributed by atoms with Gasteiger partial charge in [0.1, 0.15) is 0 Å². The van der Waals surface area contributed by atoms with Crippen molar-refractivity contribution in [1.82, 2.24) is 10.4 Å². The first kappa shape index (κ1) is 30.2. The number of hydrogen-bond donors (Lipinski definition) is 4. The highest BCUT2D eigenvalue weighted by atomic mass is 16.7. The van der Waals surface area contributed by atoms with Gasteiger partial charge in [0.05, 0.1) is 13.0 Å². The first-order valence-corrected chi connectivity index (χ1v) is 10.3. The smallest absolute Gasteiger partial charge is 0.333 e. The fourth-order valence-electron chi connectivity index (χ4n) is 1.90. The number of rotatable bonds is 10. The van der Waals surface area contributed by atoms with Crippen LogP contribution >= 0.6 is 0 Å². The van der Waals surface area contributed by atoms with Gasteiger partial charge in [0.25, 0.3) is 11.8 Å². The number of aliphatic hydroxyl groups excluding tert-OH is 2. The number of aliphatic hydroxyl groups is 2. The molecule has 0 radical (unpaired) electrons. The van der Waals surface area contributed by atoms with E-state index in [0.29, 0.717) is 17.6 Å². The van der Waals surface area contributed by atoms with Gasteiger partial charge in [0.15, 0.2) is 0 Å². The summed E-state index contributed by atoms with van der Waals surface area (Å²) in [6, 6.07) is 0. The fraction of sp³-hybridized carbons (Fsp3) is 0.800. The summed E-state index contributed by atoms with van der Waals surface area (Å²) in [4.78, 5) is 49.2. The van der Waals surface area contributed by atoms with Crippen LogP contribution in [0.25, 0.3) is 0 Å². The predicted molar refractivity (Wildman–Crippen MR) is 112 cm³/mol. The van der Waals surface area contributed by atoms with Crippen molar-refractivity contribution < 1.29 is 34.2 Å². The third kappa shape index (κ3) is 18.0. The van der Waals surface area contributed by atoms with Crippen molar-refractivity contribution in [3.05, 3.63) is 0 Å². The molecule has 1 heterocycles. The van der Waals surface area contributed by atoms with Gasteiger partial charge in [-0.1, -0.05) is 27.7 Å². The van der Waals surface area contributed by atoms with E-state index in [9.17, 15) is 19.2 Å². The summed E-state index contributed by atoms with van der Waals surface area (Å²) >= 11 is 0. The molecular formula is C20H39N3O7. The van der Waals surface area contributed by atoms with Crippen LogP contribution in [0.3, 0.4) is 0 Å². The zero-order valence-electron chi connectivity index (χ0n) is 18.7. The Kier molecular flexibility index (Phi) is 19.1. The lowest BCUT2D eigenvalue weighted by Crippen LogP contribution is -2.33. The Morgan fingerprint density at radius 2 is 1.53 bits per heavy atom. The zero-order chi connectivity index (χ0) is 23.5. The molecule has 0 aromatic heterocycles. The molecule has 0 aromatic carbocycles. The monoisotopic (exact) mass is 433 g/mol. The molecule has 30 heavy (non-hydrogen) atoms. The van der Waals surface area contributed by atoms with E-state index in [-0.39, 0.29) is 38.8 Å². The van der Waals surface area contributed by atoms with E-state index < -0.39 is 23.7 Å². The third-order valence-electron chi connectivity index (χ3n) is 3.64. The van der Waals surface area contributed by atoms with E-state index in [1.807, 2.05) is 0 Å². The highest BCUT2D eigenvalue weighted by Crippen LogP contribution is 2.12. The van der Waals surface area contributed by atoms with Gasteiger partial charge in [-0.05, 0) is 31.2 Å². The molecule has 1 aliphatic heterocycles. The maximum atomic E-state index is 11.3. The molecule has 0 aliphatic carbocycles. The third-order valence-corrected chi connectivity index (χ3v) is 3.64. The van der Waals surface area contributed by atoms with Crippen molar-refractivity contribution >= 4 is 23.7 Å². The van der Waals surface area contributed by atoms with Crippen molar-refractivity contribution in [2.24, 2.45) is 17.6 Å². The second-order valence-electron chi connectivity index (χ2n) is 7.50. The number of carbonyl (C=O) groups excluding carboxylic acids is 4. The van der Waals surface area contributed by atoms with E-state index in [4.69, 9.17) is 15.9 Å². The molecule has 0 unspecified atom stereocenters. The van der Waals surface area contributed by atoms with Crippen LogP contribution in [-0.2, 0) is 24.0 Å². The topological polar surface area (TPSA) is 159 Å². The average Bonchev–Trinajstić information content (AvgIpc) is 2.97. The molecular weight excluding hydrogens is 394 g/mol. The van der Waals surface area contributed by atoms with Gasteiger partial charge >= 0.3 is 5.97 Å². The minimum atomic E-state index is -0.822. The Morgan fingerprint density at radius 1 is 1.00 bits per heavy atom. The molecule has 5 N–H and O–H groups in total. The fourth-order valence-corrected chi connectivity index (χ4v) is 1.90. The highest BCUT2D eigenvalue weighted by molar-refractivity contribution is 6.01. The molecule has 1 rings (SSSR count). The number of imide groups is 1. The van der Waals surface area contributed by atoms with Gasteiger partial charge in [0.2, 0.25) is 5.91 Å². The molecule has 1 saturated heterocycles. The second-order valence-corrected chi connectivity index (χ2v) is 7.50. The van der Waals surface area contributed by atoms with Crippen molar-refractivity contribution in [3.63, 3.8) is 0 Å². The molecule has 0 bridgehead atoms. The van der Waals surface area contributed by atoms with Crippen LogP contribution in [0.1, 0.15) is 66.2 Å². The molecule has 0 atom stereocenters. The van der Waals surface area contributed by atoms with Crippen molar-refractivity contribution in [2.75, 3.05) is 26.3 Å². The number of amides is 3. The first-order chi connectivity index (χ1) is 14.1. The summed E-state index contributed by atoms with van der Waals surface area (Å²) in [5, 5.41) is 19.5. The van der Waals surface area contributed by atoms with Crippen molar-refractivity contribution in [3.8, 4) is 0 Å². The Hall–Kier alpha value is -2.04. The Bertz CT molecular complexity index is 485. The van der Waals surface area contributed by atoms with Crippen LogP contribution in [0.2, 0.25) is 0 Å². The lowest BCUT2D eigenvalue weighted by atomic mass is 10.1. The van der Waals surface area contributed by atoms with Crippen LogP contribution in [0.5, 0.6) is 0 Å². The van der Waals surface area contributed by atoms with Gasteiger partial charge in [-0.25, -0.2) is 4.79 Å². The number of hydrogen-bond acceptors (Lipinski definition) is 8. The highest BCUT2D eigenvalue weighted by Gasteiger charge is 2.32. The maximum absolute atomic E-state index is 11.3. The van der Waals surface area contributed by atoms with Crippen LogP contribution in [0.4, 0.5) is 0 Å². The average molecular weight is 434 g/mol. The van der Waals surface area contributed by atoms with Crippen LogP contribution < -0.4 is 11.1 Å². The largest absolute Gasteiger partial charge is 0.396 e. The van der Waals surface area contributed by atoms with Crippen molar-refractivity contribution in [1.29, 1.82) is 0 Å². The SMILES string of the molecule is CC(C)CCN.CC(C)CCO.O=C(CCC(=O)ON1C(=O)CCC1=O)NCCO. The number of hydroxylamine groups is 2. The van der Waals surface area contributed by atoms with Gasteiger partial charge in [-0.15, -0.1) is 5.06 Å². The van der Waals surface area contributed by atoms with Gasteiger partial charge in [-0.2, -0.15) is 0 Å². The van der Waals surface area contributed by atoms with E-state index in [0.717, 1.165) is 25.3 Å². The Morgan fingerprint density at radius 3 is 1.87 bits per heavy atom. The zero-order valence-corrected chi connectivity index (χ0v) is 18.7. The predicted octanol–water partition coefficient (Wildman–Crippen LogP) is 0.498. The number of carbonyl (C=O) groups is 4. The minimum absolute atomic E-state index is 0.0309.